The molecule has 2 heteroatoms. The summed E-state index contributed by atoms with van der Waals surface area (Å²) in [5.41, 5.74) is 1.80. The first-order valence-electron chi connectivity index (χ1n) is 8.03. The Morgan fingerprint density at radius 1 is 1.20 bits per heavy atom. The third-order valence-electron chi connectivity index (χ3n) is 5.15. The lowest BCUT2D eigenvalue weighted by atomic mass is 9.77. The molecule has 110 valence electrons. The van der Waals surface area contributed by atoms with Crippen molar-refractivity contribution >= 4 is 0 Å². The number of rotatable bonds is 3. The molecule has 1 heterocycles. The molecule has 2 atom stereocenters. The zero-order valence-corrected chi connectivity index (χ0v) is 12.6. The van der Waals surface area contributed by atoms with Crippen LogP contribution in [0.25, 0.3) is 0 Å². The summed E-state index contributed by atoms with van der Waals surface area (Å²) in [6.07, 6.45) is 5.61. The van der Waals surface area contributed by atoms with Gasteiger partial charge in [-0.1, -0.05) is 44.5 Å². The van der Waals surface area contributed by atoms with Gasteiger partial charge in [0.25, 0.3) is 0 Å². The normalized spacial score (nSPS) is 31.3. The van der Waals surface area contributed by atoms with E-state index in [-0.39, 0.29) is 6.10 Å². The van der Waals surface area contributed by atoms with Crippen molar-refractivity contribution in [1.82, 2.24) is 0 Å². The third kappa shape index (κ3) is 2.64. The summed E-state index contributed by atoms with van der Waals surface area (Å²) < 4.78 is 5.78. The number of ether oxygens (including phenoxy) is 1. The van der Waals surface area contributed by atoms with Crippen molar-refractivity contribution in [2.24, 2.45) is 5.92 Å². The Labute approximate surface area is 122 Å². The van der Waals surface area contributed by atoms with Crippen molar-refractivity contribution in [3.8, 4) is 0 Å². The third-order valence-corrected chi connectivity index (χ3v) is 5.15. The molecule has 0 spiro atoms. The second-order valence-electron chi connectivity index (χ2n) is 6.89. The van der Waals surface area contributed by atoms with Crippen LogP contribution >= 0.6 is 0 Å². The van der Waals surface area contributed by atoms with Crippen LogP contribution in [0, 0.1) is 5.92 Å². The summed E-state index contributed by atoms with van der Waals surface area (Å²) in [4.78, 5) is 0. The molecule has 0 amide bonds. The van der Waals surface area contributed by atoms with Gasteiger partial charge in [0.1, 0.15) is 0 Å². The highest BCUT2D eigenvalue weighted by Gasteiger charge is 2.37. The molecule has 2 unspecified atom stereocenters. The van der Waals surface area contributed by atoms with Crippen LogP contribution in [0.2, 0.25) is 0 Å². The molecule has 1 aliphatic carbocycles. The molecule has 20 heavy (non-hydrogen) atoms. The van der Waals surface area contributed by atoms with E-state index in [1.165, 1.54) is 24.8 Å². The molecule has 1 aliphatic heterocycles. The zero-order valence-electron chi connectivity index (χ0n) is 12.6. The summed E-state index contributed by atoms with van der Waals surface area (Å²) in [6.45, 7) is 4.98. The van der Waals surface area contributed by atoms with Crippen molar-refractivity contribution in [2.45, 2.75) is 63.6 Å². The van der Waals surface area contributed by atoms with E-state index >= 15 is 0 Å². The number of aliphatic hydroxyl groups is 1. The average molecular weight is 274 g/mol. The highest BCUT2D eigenvalue weighted by molar-refractivity contribution is 5.30. The van der Waals surface area contributed by atoms with Gasteiger partial charge in [0.05, 0.1) is 18.3 Å². The fraction of sp³-hybridized carbons (Fsp3) is 0.667. The van der Waals surface area contributed by atoms with Crippen LogP contribution in [-0.2, 0) is 10.3 Å². The Kier molecular flexibility index (Phi) is 3.87. The van der Waals surface area contributed by atoms with Gasteiger partial charge in [0, 0.05) is 12.8 Å². The smallest absolute Gasteiger partial charge is 0.0943 e. The molecule has 1 N–H and O–H groups in total. The minimum atomic E-state index is -0.703. The summed E-state index contributed by atoms with van der Waals surface area (Å²) in [7, 11) is 0. The molecule has 0 aromatic heterocycles. The van der Waals surface area contributed by atoms with Crippen molar-refractivity contribution in [3.05, 3.63) is 35.4 Å². The molecule has 0 radical (unpaired) electrons. The van der Waals surface area contributed by atoms with E-state index in [4.69, 9.17) is 4.74 Å². The van der Waals surface area contributed by atoms with E-state index in [1.54, 1.807) is 0 Å². The molecular weight excluding hydrogens is 248 g/mol. The van der Waals surface area contributed by atoms with Crippen molar-refractivity contribution in [1.29, 1.82) is 0 Å². The van der Waals surface area contributed by atoms with E-state index in [2.05, 4.69) is 38.1 Å². The monoisotopic (exact) mass is 274 g/mol. The van der Waals surface area contributed by atoms with Crippen LogP contribution in [0.5, 0.6) is 0 Å². The SMILES string of the molecule is CC(C)C1CC(O)(c2ccc(C3CCC3)cc2)CCO1. The minimum absolute atomic E-state index is 0.167. The average Bonchev–Trinajstić information content (AvgIpc) is 2.37. The molecule has 1 aromatic carbocycles. The largest absolute Gasteiger partial charge is 0.385 e. The standard InChI is InChI=1S/C18H26O2/c1-13(2)17-12-18(19,10-11-20-17)16-8-6-15(7-9-16)14-4-3-5-14/h6-9,13-14,17,19H,3-5,10-12H2,1-2H3. The second-order valence-corrected chi connectivity index (χ2v) is 6.89. The van der Waals surface area contributed by atoms with Gasteiger partial charge in [0.15, 0.2) is 0 Å². The molecule has 2 nitrogen and oxygen atoms in total. The molecule has 3 rings (SSSR count). The van der Waals surface area contributed by atoms with Gasteiger partial charge < -0.3 is 9.84 Å². The second kappa shape index (κ2) is 5.50. The van der Waals surface area contributed by atoms with Crippen molar-refractivity contribution < 1.29 is 9.84 Å². The fourth-order valence-electron chi connectivity index (χ4n) is 3.37. The minimum Gasteiger partial charge on any atom is -0.385 e. The summed E-state index contributed by atoms with van der Waals surface area (Å²) in [5.74, 6) is 1.22. The van der Waals surface area contributed by atoms with E-state index in [0.29, 0.717) is 25.4 Å². The topological polar surface area (TPSA) is 29.5 Å². The lowest BCUT2D eigenvalue weighted by Gasteiger charge is -2.39. The number of benzene rings is 1. The van der Waals surface area contributed by atoms with Crippen LogP contribution in [0.1, 0.15) is 63.0 Å². The van der Waals surface area contributed by atoms with E-state index in [9.17, 15) is 5.11 Å². The first-order chi connectivity index (χ1) is 9.58. The Morgan fingerprint density at radius 2 is 1.90 bits per heavy atom. The fourth-order valence-corrected chi connectivity index (χ4v) is 3.37. The lowest BCUT2D eigenvalue weighted by molar-refractivity contribution is -0.121. The molecular formula is C18H26O2. The van der Waals surface area contributed by atoms with Gasteiger partial charge in [-0.2, -0.15) is 0 Å². The van der Waals surface area contributed by atoms with Gasteiger partial charge in [0.2, 0.25) is 0 Å². The quantitative estimate of drug-likeness (QED) is 0.903. The van der Waals surface area contributed by atoms with Crippen LogP contribution in [0.3, 0.4) is 0 Å². The maximum absolute atomic E-state index is 11.0. The first-order valence-corrected chi connectivity index (χ1v) is 8.03. The van der Waals surface area contributed by atoms with E-state index in [0.717, 1.165) is 11.5 Å². The van der Waals surface area contributed by atoms with Gasteiger partial charge in [-0.3, -0.25) is 0 Å². The molecule has 1 saturated heterocycles. The van der Waals surface area contributed by atoms with Crippen LogP contribution in [0.4, 0.5) is 0 Å². The Morgan fingerprint density at radius 3 is 2.45 bits per heavy atom. The highest BCUT2D eigenvalue weighted by atomic mass is 16.5. The van der Waals surface area contributed by atoms with E-state index < -0.39 is 5.60 Å². The van der Waals surface area contributed by atoms with Gasteiger partial charge >= 0.3 is 0 Å². The molecule has 2 fully saturated rings. The van der Waals surface area contributed by atoms with Gasteiger partial charge in [-0.25, -0.2) is 0 Å². The lowest BCUT2D eigenvalue weighted by Crippen LogP contribution is -2.40. The first kappa shape index (κ1) is 14.1. The number of hydrogen-bond acceptors (Lipinski definition) is 2. The highest BCUT2D eigenvalue weighted by Crippen LogP contribution is 2.39. The molecule has 0 bridgehead atoms. The number of hydrogen-bond donors (Lipinski definition) is 1. The maximum atomic E-state index is 11.0. The summed E-state index contributed by atoms with van der Waals surface area (Å²) >= 11 is 0. The van der Waals surface area contributed by atoms with Crippen LogP contribution < -0.4 is 0 Å². The zero-order chi connectivity index (χ0) is 14.2. The van der Waals surface area contributed by atoms with E-state index in [1.807, 2.05) is 0 Å². The molecule has 2 aliphatic rings. The van der Waals surface area contributed by atoms with Crippen molar-refractivity contribution in [3.63, 3.8) is 0 Å². The summed E-state index contributed by atoms with van der Waals surface area (Å²) in [6, 6.07) is 8.71. The van der Waals surface area contributed by atoms with Crippen LogP contribution in [0.15, 0.2) is 24.3 Å². The maximum Gasteiger partial charge on any atom is 0.0943 e. The van der Waals surface area contributed by atoms with Crippen LogP contribution in [-0.4, -0.2) is 17.8 Å². The predicted molar refractivity (Wildman–Crippen MR) is 80.7 cm³/mol. The van der Waals surface area contributed by atoms with Gasteiger partial charge in [-0.05, 0) is 35.8 Å². The van der Waals surface area contributed by atoms with Gasteiger partial charge in [-0.15, -0.1) is 0 Å². The predicted octanol–water partition coefficient (Wildman–Crippen LogP) is 3.98. The summed E-state index contributed by atoms with van der Waals surface area (Å²) in [5, 5.41) is 11.0. The Bertz CT molecular complexity index is 447. The Hall–Kier alpha value is -0.860. The molecule has 1 aromatic rings. The molecule has 1 saturated carbocycles. The van der Waals surface area contributed by atoms with Crippen molar-refractivity contribution in [2.75, 3.05) is 6.61 Å². The Balaban J connectivity index is 1.76.